The summed E-state index contributed by atoms with van der Waals surface area (Å²) in [4.78, 5) is 10.9. The predicted octanol–water partition coefficient (Wildman–Crippen LogP) is 4.93. The monoisotopic (exact) mass is 357 g/mol. The van der Waals surface area contributed by atoms with Gasteiger partial charge in [-0.2, -0.15) is 0 Å². The van der Waals surface area contributed by atoms with Gasteiger partial charge in [-0.05, 0) is 30.3 Å². The molecular formula is C18H10ClF2N3O. The summed E-state index contributed by atoms with van der Waals surface area (Å²) < 4.78 is 28.8. The Bertz CT molecular complexity index is 1090. The Balaban J connectivity index is 2.15. The zero-order valence-corrected chi connectivity index (χ0v) is 13.4. The van der Waals surface area contributed by atoms with Crippen molar-refractivity contribution in [3.05, 3.63) is 65.6 Å². The number of fused-ring (bicyclic) bond motifs is 1. The van der Waals surface area contributed by atoms with E-state index in [1.807, 2.05) is 0 Å². The van der Waals surface area contributed by atoms with E-state index in [2.05, 4.69) is 15.0 Å². The summed E-state index contributed by atoms with van der Waals surface area (Å²) >= 11 is 6.02. The van der Waals surface area contributed by atoms with Crippen LogP contribution in [0, 0.1) is 11.6 Å². The van der Waals surface area contributed by atoms with Crippen LogP contribution in [0.4, 0.5) is 8.78 Å². The SMILES string of the molecule is Oc1cncc(F)c1-c1[nH]c2cccnc2c1-c1cc(Cl)ccc1F. The molecule has 0 aliphatic heterocycles. The van der Waals surface area contributed by atoms with Crippen molar-refractivity contribution in [1.82, 2.24) is 15.0 Å². The quantitative estimate of drug-likeness (QED) is 0.534. The van der Waals surface area contributed by atoms with E-state index in [-0.39, 0.29) is 22.6 Å². The number of hydrogen-bond acceptors (Lipinski definition) is 3. The van der Waals surface area contributed by atoms with Gasteiger partial charge in [0.05, 0.1) is 34.7 Å². The zero-order chi connectivity index (χ0) is 17.6. The number of halogens is 3. The number of H-pyrrole nitrogens is 1. The molecule has 3 aromatic heterocycles. The number of aromatic nitrogens is 3. The summed E-state index contributed by atoms with van der Waals surface area (Å²) in [7, 11) is 0. The molecule has 0 spiro atoms. The molecule has 0 unspecified atom stereocenters. The van der Waals surface area contributed by atoms with E-state index in [1.54, 1.807) is 18.3 Å². The molecule has 1 aromatic carbocycles. The number of nitrogens with zero attached hydrogens (tertiary/aromatic N) is 2. The lowest BCUT2D eigenvalue weighted by atomic mass is 10.00. The Labute approximate surface area is 145 Å². The Morgan fingerprint density at radius 2 is 1.88 bits per heavy atom. The van der Waals surface area contributed by atoms with Gasteiger partial charge in [0.25, 0.3) is 0 Å². The van der Waals surface area contributed by atoms with E-state index >= 15 is 0 Å². The first-order valence-electron chi connectivity index (χ1n) is 7.31. The van der Waals surface area contributed by atoms with E-state index < -0.39 is 11.6 Å². The van der Waals surface area contributed by atoms with Crippen molar-refractivity contribution in [1.29, 1.82) is 0 Å². The molecular weight excluding hydrogens is 348 g/mol. The third kappa shape index (κ3) is 2.51. The molecule has 0 amide bonds. The van der Waals surface area contributed by atoms with Crippen LogP contribution in [-0.2, 0) is 0 Å². The molecule has 124 valence electrons. The Morgan fingerprint density at radius 1 is 1.04 bits per heavy atom. The van der Waals surface area contributed by atoms with Gasteiger partial charge in [-0.1, -0.05) is 11.6 Å². The maximum absolute atomic E-state index is 14.5. The fourth-order valence-corrected chi connectivity index (χ4v) is 3.00. The summed E-state index contributed by atoms with van der Waals surface area (Å²) in [6, 6.07) is 7.52. The smallest absolute Gasteiger partial charge is 0.154 e. The molecule has 0 saturated carbocycles. The average Bonchev–Trinajstić information content (AvgIpc) is 2.96. The van der Waals surface area contributed by atoms with Gasteiger partial charge in [-0.25, -0.2) is 8.78 Å². The minimum atomic E-state index is -0.741. The lowest BCUT2D eigenvalue weighted by molar-refractivity contribution is 0.468. The van der Waals surface area contributed by atoms with Crippen molar-refractivity contribution in [3.63, 3.8) is 0 Å². The second-order valence-electron chi connectivity index (χ2n) is 5.41. The maximum atomic E-state index is 14.5. The van der Waals surface area contributed by atoms with Gasteiger partial charge < -0.3 is 10.1 Å². The van der Waals surface area contributed by atoms with Gasteiger partial charge >= 0.3 is 0 Å². The molecule has 0 aliphatic carbocycles. The van der Waals surface area contributed by atoms with Gasteiger partial charge in [0.1, 0.15) is 11.6 Å². The Kier molecular flexibility index (Phi) is 3.62. The fraction of sp³-hybridized carbons (Fsp3) is 0. The highest BCUT2D eigenvalue weighted by atomic mass is 35.5. The number of rotatable bonds is 2. The van der Waals surface area contributed by atoms with Crippen LogP contribution in [0.3, 0.4) is 0 Å². The molecule has 3 heterocycles. The third-order valence-electron chi connectivity index (χ3n) is 3.88. The predicted molar refractivity (Wildman–Crippen MR) is 91.4 cm³/mol. The number of aromatic amines is 1. The van der Waals surface area contributed by atoms with E-state index in [0.29, 0.717) is 21.6 Å². The number of aromatic hydroxyl groups is 1. The van der Waals surface area contributed by atoms with Gasteiger partial charge in [-0.15, -0.1) is 0 Å². The number of benzene rings is 1. The molecule has 0 saturated heterocycles. The summed E-state index contributed by atoms with van der Waals surface area (Å²) in [6.45, 7) is 0. The fourth-order valence-electron chi connectivity index (χ4n) is 2.83. The van der Waals surface area contributed by atoms with Crippen molar-refractivity contribution < 1.29 is 13.9 Å². The van der Waals surface area contributed by atoms with E-state index in [4.69, 9.17) is 11.6 Å². The van der Waals surface area contributed by atoms with Crippen molar-refractivity contribution >= 4 is 22.6 Å². The Hall–Kier alpha value is -2.99. The normalized spacial score (nSPS) is 11.2. The summed E-state index contributed by atoms with van der Waals surface area (Å²) in [6.07, 6.45) is 3.65. The van der Waals surface area contributed by atoms with E-state index in [1.165, 1.54) is 18.2 Å². The van der Waals surface area contributed by atoms with Gasteiger partial charge in [0, 0.05) is 22.3 Å². The van der Waals surface area contributed by atoms with Gasteiger partial charge in [0.15, 0.2) is 5.82 Å². The van der Waals surface area contributed by atoms with Crippen molar-refractivity contribution in [3.8, 4) is 28.1 Å². The summed E-state index contributed by atoms with van der Waals surface area (Å²) in [5.74, 6) is -1.64. The molecule has 7 heteroatoms. The lowest BCUT2D eigenvalue weighted by Gasteiger charge is -2.09. The number of nitrogens with one attached hydrogen (secondary N) is 1. The van der Waals surface area contributed by atoms with Crippen molar-refractivity contribution in [2.45, 2.75) is 0 Å². The van der Waals surface area contributed by atoms with Crippen LogP contribution in [0.5, 0.6) is 5.75 Å². The van der Waals surface area contributed by atoms with E-state index in [9.17, 15) is 13.9 Å². The summed E-state index contributed by atoms with van der Waals surface area (Å²) in [5.41, 5.74) is 1.57. The number of pyridine rings is 2. The van der Waals surface area contributed by atoms with Gasteiger partial charge in [-0.3, -0.25) is 9.97 Å². The first kappa shape index (κ1) is 15.5. The first-order valence-corrected chi connectivity index (χ1v) is 7.69. The van der Waals surface area contributed by atoms with Crippen LogP contribution in [-0.4, -0.2) is 20.1 Å². The van der Waals surface area contributed by atoms with Gasteiger partial charge in [0.2, 0.25) is 0 Å². The highest BCUT2D eigenvalue weighted by molar-refractivity contribution is 6.31. The first-order chi connectivity index (χ1) is 12.1. The maximum Gasteiger partial charge on any atom is 0.154 e. The van der Waals surface area contributed by atoms with Crippen molar-refractivity contribution in [2.24, 2.45) is 0 Å². The molecule has 0 radical (unpaired) electrons. The molecule has 0 bridgehead atoms. The molecule has 0 aliphatic rings. The minimum Gasteiger partial charge on any atom is -0.506 e. The molecule has 0 atom stereocenters. The van der Waals surface area contributed by atoms with Crippen LogP contribution >= 0.6 is 11.6 Å². The average molecular weight is 358 g/mol. The Morgan fingerprint density at radius 3 is 2.68 bits per heavy atom. The standard InChI is InChI=1S/C18H10ClF2N3O/c19-9-3-4-11(20)10(6-9)15-17-13(2-1-5-23-17)24-18(15)16-12(21)7-22-8-14(16)25/h1-8,24-25H. The summed E-state index contributed by atoms with van der Waals surface area (Å²) in [5, 5.41) is 10.4. The molecule has 0 fully saturated rings. The largest absolute Gasteiger partial charge is 0.506 e. The minimum absolute atomic E-state index is 0.109. The second-order valence-corrected chi connectivity index (χ2v) is 5.85. The molecule has 2 N–H and O–H groups in total. The van der Waals surface area contributed by atoms with Crippen LogP contribution < -0.4 is 0 Å². The second kappa shape index (κ2) is 5.82. The van der Waals surface area contributed by atoms with Crippen LogP contribution in [0.1, 0.15) is 0 Å². The van der Waals surface area contributed by atoms with Crippen LogP contribution in [0.2, 0.25) is 5.02 Å². The molecule has 4 rings (SSSR count). The van der Waals surface area contributed by atoms with Crippen LogP contribution in [0.25, 0.3) is 33.4 Å². The highest BCUT2D eigenvalue weighted by Gasteiger charge is 2.23. The highest BCUT2D eigenvalue weighted by Crippen LogP contribution is 2.42. The lowest BCUT2D eigenvalue weighted by Crippen LogP contribution is -1.92. The molecule has 4 aromatic rings. The van der Waals surface area contributed by atoms with E-state index in [0.717, 1.165) is 12.4 Å². The van der Waals surface area contributed by atoms with Crippen molar-refractivity contribution in [2.75, 3.05) is 0 Å². The third-order valence-corrected chi connectivity index (χ3v) is 4.12. The van der Waals surface area contributed by atoms with Crippen LogP contribution in [0.15, 0.2) is 48.9 Å². The molecule has 4 nitrogen and oxygen atoms in total. The topological polar surface area (TPSA) is 61.8 Å². The zero-order valence-electron chi connectivity index (χ0n) is 12.6. The number of hydrogen-bond donors (Lipinski definition) is 2. The molecule has 25 heavy (non-hydrogen) atoms.